The number of anilines is 1. The summed E-state index contributed by atoms with van der Waals surface area (Å²) in [6.07, 6.45) is 1.94. The fourth-order valence-electron chi connectivity index (χ4n) is 6.09. The van der Waals surface area contributed by atoms with Gasteiger partial charge in [0.05, 0.1) is 35.2 Å². The first-order valence-electron chi connectivity index (χ1n) is 11.5. The number of hydrogen-bond donors (Lipinski definition) is 3. The van der Waals surface area contributed by atoms with Crippen LogP contribution in [0.3, 0.4) is 0 Å². The van der Waals surface area contributed by atoms with Crippen molar-refractivity contribution in [3.8, 4) is 5.75 Å². The number of phenolic OH excluding ortho intramolecular Hbond substituents is 1. The van der Waals surface area contributed by atoms with E-state index in [-0.39, 0.29) is 36.1 Å². The van der Waals surface area contributed by atoms with Crippen molar-refractivity contribution >= 4 is 35.0 Å². The Balaban J connectivity index is 1.43. The van der Waals surface area contributed by atoms with Crippen LogP contribution < -0.4 is 10.6 Å². The van der Waals surface area contributed by atoms with Crippen molar-refractivity contribution in [3.63, 3.8) is 0 Å². The molecule has 5 atom stereocenters. The van der Waals surface area contributed by atoms with Crippen molar-refractivity contribution in [2.45, 2.75) is 36.9 Å². The third-order valence-electron chi connectivity index (χ3n) is 7.59. The van der Waals surface area contributed by atoms with Crippen LogP contribution in [0.5, 0.6) is 5.75 Å². The van der Waals surface area contributed by atoms with Crippen LogP contribution in [0.15, 0.2) is 42.5 Å². The molecule has 9 heteroatoms. The lowest BCUT2D eigenvalue weighted by atomic mass is 9.76. The number of halogens is 1. The van der Waals surface area contributed by atoms with Crippen LogP contribution in [0.25, 0.3) is 0 Å². The van der Waals surface area contributed by atoms with Crippen LogP contribution in [-0.2, 0) is 31.1 Å². The van der Waals surface area contributed by atoms with Gasteiger partial charge in [0, 0.05) is 18.2 Å². The summed E-state index contributed by atoms with van der Waals surface area (Å²) in [4.78, 5) is 42.3. The zero-order chi connectivity index (χ0) is 23.6. The Hall–Kier alpha value is -2.94. The van der Waals surface area contributed by atoms with Crippen molar-refractivity contribution in [3.05, 3.63) is 58.6 Å². The molecule has 3 N–H and O–H groups in total. The van der Waals surface area contributed by atoms with Crippen LogP contribution in [0.1, 0.15) is 24.0 Å². The fraction of sp³-hybridized carbons (Fsp3) is 0.400. The van der Waals surface area contributed by atoms with Crippen molar-refractivity contribution in [1.29, 1.82) is 0 Å². The highest BCUT2D eigenvalue weighted by Crippen LogP contribution is 2.54. The molecule has 2 aromatic carbocycles. The first kappa shape index (κ1) is 21.6. The number of ether oxygens (including phenoxy) is 1. The van der Waals surface area contributed by atoms with Gasteiger partial charge in [-0.05, 0) is 43.0 Å². The minimum atomic E-state index is -1.38. The highest BCUT2D eigenvalue weighted by molar-refractivity contribution is 6.35. The van der Waals surface area contributed by atoms with Crippen LogP contribution in [-0.4, -0.2) is 53.0 Å². The van der Waals surface area contributed by atoms with Gasteiger partial charge in [-0.1, -0.05) is 35.9 Å². The Morgan fingerprint density at radius 3 is 2.65 bits per heavy atom. The molecule has 0 bridgehead atoms. The smallest absolute Gasteiger partial charge is 0.250 e. The van der Waals surface area contributed by atoms with Crippen LogP contribution in [0.2, 0.25) is 5.02 Å². The van der Waals surface area contributed by atoms with E-state index in [0.717, 1.165) is 18.4 Å². The molecule has 0 saturated carbocycles. The molecule has 2 aromatic rings. The number of benzene rings is 2. The normalized spacial score (nSPS) is 31.9. The molecule has 0 aromatic heterocycles. The maximum atomic E-state index is 13.8. The molecule has 176 valence electrons. The van der Waals surface area contributed by atoms with E-state index >= 15 is 0 Å². The molecule has 0 aliphatic carbocycles. The monoisotopic (exact) mass is 481 g/mol. The van der Waals surface area contributed by atoms with Gasteiger partial charge in [-0.15, -0.1) is 0 Å². The van der Waals surface area contributed by atoms with E-state index in [1.165, 1.54) is 4.90 Å². The van der Waals surface area contributed by atoms with Gasteiger partial charge in [0.15, 0.2) is 0 Å². The molecule has 3 saturated heterocycles. The molecule has 8 nitrogen and oxygen atoms in total. The largest absolute Gasteiger partial charge is 0.508 e. The van der Waals surface area contributed by atoms with Gasteiger partial charge in [0.1, 0.15) is 11.3 Å². The lowest BCUT2D eigenvalue weighted by Gasteiger charge is -2.30. The van der Waals surface area contributed by atoms with E-state index in [4.69, 9.17) is 16.3 Å². The molecule has 1 unspecified atom stereocenters. The van der Waals surface area contributed by atoms with E-state index in [1.54, 1.807) is 42.5 Å². The number of likely N-dealkylation sites (tertiary alicyclic amines) is 1. The quantitative estimate of drug-likeness (QED) is 0.578. The second kappa shape index (κ2) is 7.80. The molecule has 3 fully saturated rings. The summed E-state index contributed by atoms with van der Waals surface area (Å²) < 4.78 is 5.70. The van der Waals surface area contributed by atoms with Gasteiger partial charge in [-0.2, -0.15) is 0 Å². The molecular formula is C25H24ClN3O5. The van der Waals surface area contributed by atoms with Crippen LogP contribution in [0.4, 0.5) is 5.69 Å². The first-order valence-corrected chi connectivity index (χ1v) is 11.9. The lowest BCUT2D eigenvalue weighted by Crippen LogP contribution is -2.54. The minimum absolute atomic E-state index is 0.145. The number of phenols is 1. The molecule has 4 aliphatic rings. The third kappa shape index (κ3) is 3.02. The maximum absolute atomic E-state index is 13.8. The SMILES string of the molecule is O=C1[C@H]2[C@H](Cc3ccc(O)cc3)N[C@@]3(C(=O)Nc4c(Cl)cccc43)[C@H]2C(=O)N1CC1CCCO1. The van der Waals surface area contributed by atoms with Gasteiger partial charge < -0.3 is 15.2 Å². The number of para-hydroxylation sites is 1. The van der Waals surface area contributed by atoms with E-state index in [0.29, 0.717) is 29.3 Å². The highest BCUT2D eigenvalue weighted by atomic mass is 35.5. The number of imide groups is 1. The Kier molecular flexibility index (Phi) is 4.95. The van der Waals surface area contributed by atoms with Gasteiger partial charge in [0.2, 0.25) is 17.7 Å². The topological polar surface area (TPSA) is 108 Å². The van der Waals surface area contributed by atoms with E-state index in [1.807, 2.05) is 0 Å². The van der Waals surface area contributed by atoms with Crippen molar-refractivity contribution in [2.75, 3.05) is 18.5 Å². The maximum Gasteiger partial charge on any atom is 0.250 e. The number of nitrogens with zero attached hydrogens (tertiary/aromatic N) is 1. The molecule has 4 aliphatic heterocycles. The van der Waals surface area contributed by atoms with Crippen molar-refractivity contribution in [2.24, 2.45) is 11.8 Å². The summed E-state index contributed by atoms with van der Waals surface area (Å²) in [5, 5.41) is 16.3. The number of fused-ring (bicyclic) bond motifs is 4. The summed E-state index contributed by atoms with van der Waals surface area (Å²) >= 11 is 6.38. The molecular weight excluding hydrogens is 458 g/mol. The summed E-state index contributed by atoms with van der Waals surface area (Å²) in [5.41, 5.74) is 0.565. The number of aromatic hydroxyl groups is 1. The number of nitrogens with one attached hydrogen (secondary N) is 2. The fourth-order valence-corrected chi connectivity index (χ4v) is 6.31. The zero-order valence-corrected chi connectivity index (χ0v) is 19.0. The van der Waals surface area contributed by atoms with E-state index in [2.05, 4.69) is 10.6 Å². The molecule has 4 heterocycles. The number of hydrogen-bond acceptors (Lipinski definition) is 6. The Morgan fingerprint density at radius 1 is 1.12 bits per heavy atom. The minimum Gasteiger partial charge on any atom is -0.508 e. The Morgan fingerprint density at radius 2 is 1.91 bits per heavy atom. The summed E-state index contributed by atoms with van der Waals surface area (Å²) in [5.74, 6) is -2.46. The zero-order valence-electron chi connectivity index (χ0n) is 18.3. The predicted octanol–water partition coefficient (Wildman–Crippen LogP) is 2.19. The van der Waals surface area contributed by atoms with E-state index < -0.39 is 23.4 Å². The van der Waals surface area contributed by atoms with Crippen LogP contribution in [0, 0.1) is 11.8 Å². The molecule has 34 heavy (non-hydrogen) atoms. The van der Waals surface area contributed by atoms with Gasteiger partial charge in [-0.25, -0.2) is 0 Å². The number of carbonyl (C=O) groups excluding carboxylic acids is 3. The summed E-state index contributed by atoms with van der Waals surface area (Å²) in [6, 6.07) is 11.5. The molecule has 3 amide bonds. The Bertz CT molecular complexity index is 1200. The first-order chi connectivity index (χ1) is 16.4. The van der Waals surface area contributed by atoms with Gasteiger partial charge >= 0.3 is 0 Å². The average molecular weight is 482 g/mol. The number of rotatable bonds is 4. The summed E-state index contributed by atoms with van der Waals surface area (Å²) in [6.45, 7) is 0.827. The second-order valence-electron chi connectivity index (χ2n) is 9.47. The Labute approximate surface area is 201 Å². The second-order valence-corrected chi connectivity index (χ2v) is 9.88. The highest BCUT2D eigenvalue weighted by Gasteiger charge is 2.70. The van der Waals surface area contributed by atoms with Crippen LogP contribution >= 0.6 is 11.6 Å². The van der Waals surface area contributed by atoms with Gasteiger partial charge in [-0.3, -0.25) is 24.6 Å². The molecule has 1 spiro atoms. The lowest BCUT2D eigenvalue weighted by molar-refractivity contribution is -0.144. The summed E-state index contributed by atoms with van der Waals surface area (Å²) in [7, 11) is 0. The third-order valence-corrected chi connectivity index (χ3v) is 7.91. The van der Waals surface area contributed by atoms with Crippen molar-refractivity contribution in [1.82, 2.24) is 10.2 Å². The van der Waals surface area contributed by atoms with E-state index in [9.17, 15) is 19.5 Å². The number of carbonyl (C=O) groups is 3. The number of amides is 3. The standard InChI is InChI=1S/C25H24ClN3O5/c26-17-5-1-4-16-21(17)27-24(33)25(16)20-19(18(28-25)11-13-6-8-14(30)9-7-13)22(31)29(23(20)32)12-15-3-2-10-34-15/h1,4-9,15,18-20,28,30H,2-3,10-12H2,(H,27,33)/t15?,18-,19-,20+,25+/m0/s1. The van der Waals surface area contributed by atoms with Crippen molar-refractivity contribution < 1.29 is 24.2 Å². The molecule has 0 radical (unpaired) electrons. The predicted molar refractivity (Wildman–Crippen MR) is 123 cm³/mol. The molecule has 6 rings (SSSR count). The van der Waals surface area contributed by atoms with Gasteiger partial charge in [0.25, 0.3) is 0 Å². The average Bonchev–Trinajstić information content (AvgIpc) is 3.56.